The van der Waals surface area contributed by atoms with E-state index in [-0.39, 0.29) is 36.9 Å². The van der Waals surface area contributed by atoms with Gasteiger partial charge in [0.05, 0.1) is 24.5 Å². The zero-order chi connectivity index (χ0) is 41.2. The van der Waals surface area contributed by atoms with Crippen molar-refractivity contribution in [3.8, 4) is 0 Å². The third-order valence-electron chi connectivity index (χ3n) is 10.4. The third kappa shape index (κ3) is 8.88. The maximum atomic E-state index is 13.6. The van der Waals surface area contributed by atoms with Gasteiger partial charge in [-0.05, 0) is 36.5 Å². The molecule has 0 amide bonds. The molecule has 11 atom stereocenters. The van der Waals surface area contributed by atoms with Crippen molar-refractivity contribution < 1.29 is 81.7 Å². The molecule has 17 heteroatoms. The van der Waals surface area contributed by atoms with E-state index in [2.05, 4.69) is 0 Å². The van der Waals surface area contributed by atoms with Gasteiger partial charge in [0.1, 0.15) is 17.8 Å². The van der Waals surface area contributed by atoms with E-state index in [1.807, 2.05) is 0 Å². The highest BCUT2D eigenvalue weighted by Gasteiger charge is 2.81. The molecule has 4 aliphatic rings. The zero-order valence-electron chi connectivity index (χ0n) is 32.6. The standard InChI is InChI=1S/C38H52O17/c1-18(2)12-27(43)48-16-29(45)53-25-11-10-24(15-39)14-26-38(47,20(5)35(46)54-26)34(52-23(8)42)31-36(25,9)32(50-21(6)40)30(55-28(44)13-19(3)4)33(51-22(7)41)37(31)17-49-37/h10-11,14,18-20,25-26,30-34,39,47H,12-13,15-17H2,1-9H3/b11-10-,24-14+/t20-,25-,26-,30+,31+,32-,33+,34-,36+,37-,38-/m0/s1. The second-order valence-corrected chi connectivity index (χ2v) is 15.6. The Labute approximate surface area is 318 Å². The average Bonchev–Trinajstić information content (AvgIpc) is 3.82. The maximum absolute atomic E-state index is 13.6. The Kier molecular flexibility index (Phi) is 13.2. The highest BCUT2D eigenvalue weighted by atomic mass is 16.7. The van der Waals surface area contributed by atoms with Crippen LogP contribution in [-0.2, 0) is 71.5 Å². The summed E-state index contributed by atoms with van der Waals surface area (Å²) in [5, 5.41) is 23.3. The first-order chi connectivity index (χ1) is 25.6. The Bertz CT molecular complexity index is 1590. The molecule has 0 aromatic rings. The molecule has 0 aromatic carbocycles. The summed E-state index contributed by atoms with van der Waals surface area (Å²) < 4.78 is 46.8. The smallest absolute Gasteiger partial charge is 0.344 e. The summed E-state index contributed by atoms with van der Waals surface area (Å²) in [4.78, 5) is 91.8. The average molecular weight is 781 g/mol. The monoisotopic (exact) mass is 780 g/mol. The number of fused-ring (bicyclic) bond motifs is 3. The molecule has 1 spiro atoms. The van der Waals surface area contributed by atoms with Gasteiger partial charge >= 0.3 is 41.8 Å². The fourth-order valence-electron chi connectivity index (χ4n) is 7.98. The minimum absolute atomic E-state index is 0.000802. The molecule has 55 heavy (non-hydrogen) atoms. The van der Waals surface area contributed by atoms with Crippen LogP contribution >= 0.6 is 0 Å². The van der Waals surface area contributed by atoms with Crippen molar-refractivity contribution in [3.05, 3.63) is 23.8 Å². The number of carbonyl (C=O) groups is 7. The Morgan fingerprint density at radius 1 is 0.836 bits per heavy atom. The van der Waals surface area contributed by atoms with E-state index in [0.29, 0.717) is 0 Å². The molecular formula is C38H52O17. The van der Waals surface area contributed by atoms with Crippen LogP contribution in [-0.4, -0.2) is 120 Å². The lowest BCUT2D eigenvalue weighted by Crippen LogP contribution is -2.76. The Hall–Kier alpha value is -4.35. The van der Waals surface area contributed by atoms with E-state index < -0.39 is 120 Å². The van der Waals surface area contributed by atoms with Gasteiger partial charge in [-0.15, -0.1) is 0 Å². The largest absolute Gasteiger partial charge is 0.459 e. The number of aliphatic hydroxyl groups is 2. The van der Waals surface area contributed by atoms with Gasteiger partial charge in [0.15, 0.2) is 36.6 Å². The Morgan fingerprint density at radius 2 is 1.38 bits per heavy atom. The second kappa shape index (κ2) is 16.8. The van der Waals surface area contributed by atoms with E-state index in [1.54, 1.807) is 27.7 Å². The number of carbonyl (C=O) groups excluding carboxylic acids is 7. The van der Waals surface area contributed by atoms with Crippen molar-refractivity contribution in [3.63, 3.8) is 0 Å². The van der Waals surface area contributed by atoms with Crippen molar-refractivity contribution in [2.24, 2.45) is 29.1 Å². The minimum atomic E-state index is -2.47. The van der Waals surface area contributed by atoms with E-state index in [9.17, 15) is 43.8 Å². The van der Waals surface area contributed by atoms with E-state index in [4.69, 9.17) is 37.9 Å². The highest BCUT2D eigenvalue weighted by molar-refractivity contribution is 5.78. The number of epoxide rings is 1. The van der Waals surface area contributed by atoms with Gasteiger partial charge in [-0.1, -0.05) is 40.7 Å². The SMILES string of the molecule is CC(=O)O[C@@H]1[C@H](OC(=O)CC(C)C)[C@H](OC(C)=O)[C@]2(C)[C@@H](OC(=O)COC(=O)CC(C)C)/C=C\C(CO)=C/[C@@H]3OC(=O)[C@H](C)[C@@]3(O)[C@@H](OC(C)=O)[C@H]2[C@@]12CO2. The predicted molar refractivity (Wildman–Crippen MR) is 185 cm³/mol. The van der Waals surface area contributed by atoms with Gasteiger partial charge < -0.3 is 48.1 Å². The summed E-state index contributed by atoms with van der Waals surface area (Å²) >= 11 is 0. The lowest BCUT2D eigenvalue weighted by Gasteiger charge is -2.59. The predicted octanol–water partition coefficient (Wildman–Crippen LogP) is 1.43. The molecule has 2 N–H and O–H groups in total. The number of hydrogen-bond acceptors (Lipinski definition) is 17. The molecule has 0 unspecified atom stereocenters. The summed E-state index contributed by atoms with van der Waals surface area (Å²) in [5.41, 5.74) is -6.27. The fourth-order valence-corrected chi connectivity index (χ4v) is 7.98. The number of esters is 7. The molecule has 0 bridgehead atoms. The van der Waals surface area contributed by atoms with Crippen LogP contribution in [0.4, 0.5) is 0 Å². The van der Waals surface area contributed by atoms with Gasteiger partial charge in [0.2, 0.25) is 0 Å². The molecule has 3 fully saturated rings. The molecule has 2 saturated heterocycles. The number of hydrogen-bond donors (Lipinski definition) is 2. The lowest BCUT2D eigenvalue weighted by molar-refractivity contribution is -0.279. The van der Waals surface area contributed by atoms with Gasteiger partial charge in [-0.25, -0.2) is 4.79 Å². The number of rotatable bonds is 12. The molecule has 17 nitrogen and oxygen atoms in total. The first-order valence-corrected chi connectivity index (χ1v) is 18.2. The van der Waals surface area contributed by atoms with Crippen molar-refractivity contribution in [1.29, 1.82) is 0 Å². The van der Waals surface area contributed by atoms with Gasteiger partial charge in [-0.2, -0.15) is 0 Å². The van der Waals surface area contributed by atoms with Crippen LogP contribution in [0.15, 0.2) is 23.8 Å². The van der Waals surface area contributed by atoms with Crippen LogP contribution in [0.3, 0.4) is 0 Å². The van der Waals surface area contributed by atoms with E-state index in [0.717, 1.165) is 20.8 Å². The second-order valence-electron chi connectivity index (χ2n) is 15.6. The summed E-state index contributed by atoms with van der Waals surface area (Å²) in [5.74, 6) is -9.47. The molecule has 0 aromatic heterocycles. The van der Waals surface area contributed by atoms with Crippen molar-refractivity contribution in [1.82, 2.24) is 0 Å². The maximum Gasteiger partial charge on any atom is 0.344 e. The van der Waals surface area contributed by atoms with Crippen LogP contribution in [0.5, 0.6) is 0 Å². The fraction of sp³-hybridized carbons (Fsp3) is 0.711. The molecule has 2 aliphatic carbocycles. The first kappa shape index (κ1) is 43.4. The minimum Gasteiger partial charge on any atom is -0.459 e. The zero-order valence-corrected chi connectivity index (χ0v) is 32.6. The summed E-state index contributed by atoms with van der Waals surface area (Å²) in [7, 11) is 0. The Balaban J connectivity index is 2.09. The highest BCUT2D eigenvalue weighted by Crippen LogP contribution is 2.63. The first-order valence-electron chi connectivity index (χ1n) is 18.2. The normalized spacial score (nSPS) is 36.6. The molecule has 2 heterocycles. The van der Waals surface area contributed by atoms with Crippen LogP contribution < -0.4 is 0 Å². The van der Waals surface area contributed by atoms with Crippen LogP contribution in [0.1, 0.15) is 75.2 Å². The number of aliphatic hydroxyl groups excluding tert-OH is 1. The summed E-state index contributed by atoms with van der Waals surface area (Å²) in [6.45, 7) is 11.2. The molecule has 4 rings (SSSR count). The van der Waals surface area contributed by atoms with E-state index in [1.165, 1.54) is 32.1 Å². The van der Waals surface area contributed by atoms with Crippen LogP contribution in [0.25, 0.3) is 0 Å². The number of ether oxygens (including phenoxy) is 8. The van der Waals surface area contributed by atoms with Gasteiger partial charge in [-0.3, -0.25) is 28.8 Å². The van der Waals surface area contributed by atoms with Crippen molar-refractivity contribution in [2.45, 2.75) is 123 Å². The van der Waals surface area contributed by atoms with Crippen molar-refractivity contribution in [2.75, 3.05) is 19.8 Å². The molecule has 0 radical (unpaired) electrons. The Morgan fingerprint density at radius 3 is 1.91 bits per heavy atom. The molecule has 2 aliphatic heterocycles. The molecule has 306 valence electrons. The molecular weight excluding hydrogens is 728 g/mol. The summed E-state index contributed by atoms with van der Waals surface area (Å²) in [6.07, 6.45) is -6.33. The molecule has 1 saturated carbocycles. The third-order valence-corrected chi connectivity index (χ3v) is 10.4. The quantitative estimate of drug-likeness (QED) is 0.162. The van der Waals surface area contributed by atoms with Crippen LogP contribution in [0.2, 0.25) is 0 Å². The van der Waals surface area contributed by atoms with Gasteiger partial charge in [0, 0.05) is 39.5 Å². The van der Waals surface area contributed by atoms with Gasteiger partial charge in [0.25, 0.3) is 0 Å². The van der Waals surface area contributed by atoms with E-state index >= 15 is 0 Å². The van der Waals surface area contributed by atoms with Crippen LogP contribution in [0, 0.1) is 29.1 Å². The topological polar surface area (TPSA) is 237 Å². The van der Waals surface area contributed by atoms with Crippen molar-refractivity contribution >= 4 is 41.8 Å². The summed E-state index contributed by atoms with van der Waals surface area (Å²) in [6, 6.07) is 0. The lowest BCUT2D eigenvalue weighted by atomic mass is 9.51.